The maximum Gasteiger partial charge on any atom is 0.320 e. The molecule has 0 aromatic rings. The van der Waals surface area contributed by atoms with E-state index in [-0.39, 0.29) is 85.1 Å². The average Bonchev–Trinajstić information content (AvgIpc) is 2.71. The Balaban J connectivity index is 0.0000109. The van der Waals surface area contributed by atoms with Gasteiger partial charge in [0.05, 0.1) is 18.7 Å². The molecule has 1 unspecified atom stereocenters. The summed E-state index contributed by atoms with van der Waals surface area (Å²) in [6.07, 6.45) is 0.166. The second kappa shape index (κ2) is 17.3. The smallest absolute Gasteiger partial charge is 0.320 e. The second-order valence-electron chi connectivity index (χ2n) is 8.00. The van der Waals surface area contributed by atoms with Gasteiger partial charge in [-0.2, -0.15) is 0 Å². The van der Waals surface area contributed by atoms with E-state index in [9.17, 15) is 39.6 Å². The zero-order valence-corrected chi connectivity index (χ0v) is 19.0. The number of rotatable bonds is 12. The molecular formula is C21H37N4O9-3. The van der Waals surface area contributed by atoms with E-state index in [4.69, 9.17) is 4.74 Å². The van der Waals surface area contributed by atoms with Gasteiger partial charge in [0, 0.05) is 71.9 Å². The third-order valence-corrected chi connectivity index (χ3v) is 5.43. The lowest BCUT2D eigenvalue weighted by atomic mass is 10.1. The fourth-order valence-electron chi connectivity index (χ4n) is 3.64. The minimum atomic E-state index is -1.28. The van der Waals surface area contributed by atoms with E-state index in [1.807, 2.05) is 0 Å². The SMILES string of the molecule is C.CC(=O)CCC(C(=O)O)N1CCN(CC(=O)[O-])CCN(COC[O-])CCN(CC(=O)[O-])CC1. The molecule has 0 amide bonds. The fraction of sp³-hybridized carbons (Fsp3) is 0.810. The normalized spacial score (nSPS) is 18.8. The van der Waals surface area contributed by atoms with Crippen molar-refractivity contribution in [3.8, 4) is 0 Å². The number of carbonyl (C=O) groups excluding carboxylic acids is 3. The van der Waals surface area contributed by atoms with Crippen LogP contribution in [0.5, 0.6) is 0 Å². The van der Waals surface area contributed by atoms with E-state index in [0.717, 1.165) is 0 Å². The van der Waals surface area contributed by atoms with Crippen LogP contribution in [0.4, 0.5) is 0 Å². The third kappa shape index (κ3) is 13.5. The highest BCUT2D eigenvalue weighted by atomic mass is 16.6. The number of carboxylic acid groups (broad SMARTS) is 3. The van der Waals surface area contributed by atoms with E-state index < -0.39 is 30.7 Å². The largest absolute Gasteiger partial charge is 0.834 e. The van der Waals surface area contributed by atoms with Crippen LogP contribution in [0.15, 0.2) is 0 Å². The lowest BCUT2D eigenvalue weighted by Gasteiger charge is -2.36. The molecule has 0 aliphatic carbocycles. The Morgan fingerprint density at radius 2 is 1.29 bits per heavy atom. The molecule has 1 aliphatic heterocycles. The van der Waals surface area contributed by atoms with Crippen LogP contribution < -0.4 is 15.3 Å². The van der Waals surface area contributed by atoms with Crippen molar-refractivity contribution < 1.29 is 44.3 Å². The van der Waals surface area contributed by atoms with Gasteiger partial charge in [0.15, 0.2) is 0 Å². The summed E-state index contributed by atoms with van der Waals surface area (Å²) < 4.78 is 4.93. The number of ether oxygens (including phenoxy) is 1. The minimum Gasteiger partial charge on any atom is -0.834 e. The Morgan fingerprint density at radius 3 is 1.68 bits per heavy atom. The molecule has 0 bridgehead atoms. The zero-order valence-electron chi connectivity index (χ0n) is 19.0. The summed E-state index contributed by atoms with van der Waals surface area (Å²) in [6.45, 7) is 2.02. The van der Waals surface area contributed by atoms with Crippen molar-refractivity contribution in [2.24, 2.45) is 0 Å². The Hall–Kier alpha value is -2.16. The third-order valence-electron chi connectivity index (χ3n) is 5.43. The van der Waals surface area contributed by atoms with Gasteiger partial charge in [-0.15, -0.1) is 0 Å². The van der Waals surface area contributed by atoms with Crippen LogP contribution in [0.25, 0.3) is 0 Å². The van der Waals surface area contributed by atoms with Gasteiger partial charge in [-0.3, -0.25) is 24.4 Å². The Bertz CT molecular complexity index is 618. The summed E-state index contributed by atoms with van der Waals surface area (Å²) in [6, 6.07) is -0.978. The quantitative estimate of drug-likeness (QED) is 0.259. The van der Waals surface area contributed by atoms with Gasteiger partial charge in [0.2, 0.25) is 0 Å². The topological polar surface area (TPSA) is 180 Å². The van der Waals surface area contributed by atoms with Crippen molar-refractivity contribution in [3.05, 3.63) is 0 Å². The highest BCUT2D eigenvalue weighted by Crippen LogP contribution is 2.10. The molecule has 1 saturated heterocycles. The monoisotopic (exact) mass is 489 g/mol. The van der Waals surface area contributed by atoms with Crippen LogP contribution in [0.1, 0.15) is 27.2 Å². The number of carboxylic acids is 3. The number of nitrogens with zero attached hydrogens (tertiary/aromatic N) is 4. The van der Waals surface area contributed by atoms with Gasteiger partial charge in [0.25, 0.3) is 0 Å². The first kappa shape index (κ1) is 31.8. The molecule has 34 heavy (non-hydrogen) atoms. The molecule has 0 spiro atoms. The maximum absolute atomic E-state index is 11.9. The molecule has 0 saturated carbocycles. The molecule has 1 rings (SSSR count). The molecule has 198 valence electrons. The molecule has 0 aromatic heterocycles. The number of hydrogen-bond acceptors (Lipinski definition) is 12. The van der Waals surface area contributed by atoms with Gasteiger partial charge in [0.1, 0.15) is 11.8 Å². The lowest BCUT2D eigenvalue weighted by Crippen LogP contribution is -2.52. The number of aliphatic carboxylic acids is 3. The van der Waals surface area contributed by atoms with Crippen molar-refractivity contribution in [2.45, 2.75) is 33.2 Å². The van der Waals surface area contributed by atoms with Crippen molar-refractivity contribution in [1.29, 1.82) is 0 Å². The van der Waals surface area contributed by atoms with E-state index in [2.05, 4.69) is 0 Å². The number of ketones is 1. The molecule has 1 N–H and O–H groups in total. The molecule has 13 heteroatoms. The van der Waals surface area contributed by atoms with Crippen LogP contribution in [0.3, 0.4) is 0 Å². The molecule has 1 atom stereocenters. The maximum atomic E-state index is 11.9. The first-order valence-electron chi connectivity index (χ1n) is 10.8. The summed E-state index contributed by atoms with van der Waals surface area (Å²) in [5.74, 6) is -3.81. The van der Waals surface area contributed by atoms with Gasteiger partial charge in [-0.25, -0.2) is 0 Å². The molecule has 0 aromatic carbocycles. The summed E-state index contributed by atoms with van der Waals surface area (Å²) in [5.41, 5.74) is 0. The van der Waals surface area contributed by atoms with Crippen molar-refractivity contribution in [1.82, 2.24) is 19.6 Å². The average molecular weight is 490 g/mol. The highest BCUT2D eigenvalue weighted by molar-refractivity contribution is 5.78. The van der Waals surface area contributed by atoms with Crippen LogP contribution in [0.2, 0.25) is 0 Å². The predicted octanol–water partition coefficient (Wildman–Crippen LogP) is -4.54. The summed E-state index contributed by atoms with van der Waals surface area (Å²) in [5, 5.41) is 42.8. The predicted molar refractivity (Wildman–Crippen MR) is 115 cm³/mol. The molecule has 1 fully saturated rings. The Kier molecular flexibility index (Phi) is 16.2. The first-order valence-corrected chi connectivity index (χ1v) is 10.8. The highest BCUT2D eigenvalue weighted by Gasteiger charge is 2.27. The van der Waals surface area contributed by atoms with Gasteiger partial charge >= 0.3 is 5.97 Å². The van der Waals surface area contributed by atoms with Crippen molar-refractivity contribution in [2.75, 3.05) is 79.0 Å². The van der Waals surface area contributed by atoms with Gasteiger partial charge in [-0.05, 0) is 20.1 Å². The van der Waals surface area contributed by atoms with Crippen molar-refractivity contribution >= 4 is 23.7 Å². The minimum absolute atomic E-state index is 0. The van der Waals surface area contributed by atoms with Crippen LogP contribution in [-0.2, 0) is 23.9 Å². The molecule has 1 aliphatic rings. The Labute approximate surface area is 200 Å². The van der Waals surface area contributed by atoms with Gasteiger partial charge < -0.3 is 39.5 Å². The number of Topliss-reactive ketones (excluding diaryl/α,β-unsaturated/α-hetero) is 1. The first-order chi connectivity index (χ1) is 15.6. The van der Waals surface area contributed by atoms with E-state index >= 15 is 0 Å². The molecule has 13 nitrogen and oxygen atoms in total. The van der Waals surface area contributed by atoms with Gasteiger partial charge in [-0.1, -0.05) is 7.43 Å². The Morgan fingerprint density at radius 1 is 0.853 bits per heavy atom. The molecule has 0 radical (unpaired) electrons. The standard InChI is InChI=1S/C20H35N4O9.CH4/c1-16(26)2-3-17(20(31)32)24-10-8-21(12-18(27)28)4-6-23(14-33-15-25)7-5-22(9-11-24)13-19(29)30;/h17H,2-15H2,1H3,(H,27,28)(H,29,30)(H,31,32);1H4/q-1;/p-2. The van der Waals surface area contributed by atoms with E-state index in [1.54, 1.807) is 19.6 Å². The van der Waals surface area contributed by atoms with Crippen LogP contribution in [-0.4, -0.2) is 133 Å². The zero-order chi connectivity index (χ0) is 24.8. The van der Waals surface area contributed by atoms with Crippen molar-refractivity contribution in [3.63, 3.8) is 0 Å². The second-order valence-corrected chi connectivity index (χ2v) is 8.00. The van der Waals surface area contributed by atoms with E-state index in [1.165, 1.54) is 6.92 Å². The summed E-state index contributed by atoms with van der Waals surface area (Å²) in [4.78, 5) is 52.3. The number of hydrogen-bond donors (Lipinski definition) is 1. The molecule has 1 heterocycles. The fourth-order valence-corrected chi connectivity index (χ4v) is 3.64. The van der Waals surface area contributed by atoms with Crippen LogP contribution in [0, 0.1) is 0 Å². The summed E-state index contributed by atoms with van der Waals surface area (Å²) in [7, 11) is 0. The van der Waals surface area contributed by atoms with Crippen LogP contribution >= 0.6 is 0 Å². The van der Waals surface area contributed by atoms with E-state index in [0.29, 0.717) is 13.1 Å². The lowest BCUT2D eigenvalue weighted by molar-refractivity contribution is -0.434. The molecular weight excluding hydrogens is 452 g/mol. The number of carbonyl (C=O) groups is 4. The summed E-state index contributed by atoms with van der Waals surface area (Å²) >= 11 is 0.